The first kappa shape index (κ1) is 26.1. The number of carbonyl (C=O) groups excluding carboxylic acids is 2. The monoisotopic (exact) mass is 566 g/mol. The van der Waals surface area contributed by atoms with Crippen LogP contribution in [0.4, 0.5) is 0 Å². The molecule has 0 radical (unpaired) electrons. The Balaban J connectivity index is 1.54. The van der Waals surface area contributed by atoms with E-state index in [1.165, 1.54) is 21.3 Å². The zero-order valence-electron chi connectivity index (χ0n) is 22.3. The van der Waals surface area contributed by atoms with Gasteiger partial charge in [-0.05, 0) is 48.4 Å². The SMILES string of the molecule is COc1cc([C@@H]2c3cc4c(cc3[C@@H](OC(=O)c3ccc(C)cc3)[C@H]3COC(=O)[C@H]23)OCO4)c(Cl)c(OC)c1OC. The molecule has 40 heavy (non-hydrogen) atoms. The lowest BCUT2D eigenvalue weighted by atomic mass is 9.66. The first-order valence-corrected chi connectivity index (χ1v) is 13.1. The van der Waals surface area contributed by atoms with Gasteiger partial charge in [0, 0.05) is 17.4 Å². The van der Waals surface area contributed by atoms with Gasteiger partial charge in [0.25, 0.3) is 0 Å². The van der Waals surface area contributed by atoms with Gasteiger partial charge in [-0.1, -0.05) is 29.3 Å². The lowest BCUT2D eigenvalue weighted by molar-refractivity contribution is -0.141. The summed E-state index contributed by atoms with van der Waals surface area (Å²) in [5, 5.41) is 0.266. The van der Waals surface area contributed by atoms with Crippen molar-refractivity contribution in [2.75, 3.05) is 34.7 Å². The van der Waals surface area contributed by atoms with Crippen molar-refractivity contribution in [2.24, 2.45) is 11.8 Å². The molecule has 3 aromatic carbocycles. The zero-order valence-corrected chi connectivity index (χ0v) is 23.1. The van der Waals surface area contributed by atoms with Crippen LogP contribution in [-0.4, -0.2) is 46.7 Å². The molecule has 2 aliphatic heterocycles. The van der Waals surface area contributed by atoms with Gasteiger partial charge in [0.05, 0.1) is 44.4 Å². The van der Waals surface area contributed by atoms with Crippen LogP contribution in [-0.2, 0) is 14.3 Å². The molecule has 0 aromatic heterocycles. The fourth-order valence-electron chi connectivity index (χ4n) is 5.88. The molecule has 3 aromatic rings. The van der Waals surface area contributed by atoms with Crippen LogP contribution in [0.3, 0.4) is 0 Å². The summed E-state index contributed by atoms with van der Waals surface area (Å²) in [4.78, 5) is 26.7. The Labute approximate surface area is 235 Å². The van der Waals surface area contributed by atoms with Crippen molar-refractivity contribution in [1.82, 2.24) is 0 Å². The molecule has 0 saturated carbocycles. The predicted molar refractivity (Wildman–Crippen MR) is 143 cm³/mol. The third-order valence-corrected chi connectivity index (χ3v) is 8.16. The fraction of sp³-hybridized carbons (Fsp3) is 0.333. The summed E-state index contributed by atoms with van der Waals surface area (Å²) in [5.41, 5.74) is 3.38. The standard InChI is InChI=1S/C30H27ClO9/c1-14-5-7-15(8-6-14)29(32)40-26-17-10-21-20(38-13-39-21)9-16(17)23(24-19(26)12-37-30(24)33)18-11-22(34-2)27(35-3)28(36-4)25(18)31/h5-11,19,23-24,26H,12-13H2,1-4H3/t19-,23-,24-,26+/m0/s1. The van der Waals surface area contributed by atoms with Crippen LogP contribution in [0.25, 0.3) is 0 Å². The van der Waals surface area contributed by atoms with Gasteiger partial charge in [-0.2, -0.15) is 0 Å². The van der Waals surface area contributed by atoms with Gasteiger partial charge in [0.15, 0.2) is 23.0 Å². The molecule has 9 nitrogen and oxygen atoms in total. The molecular weight excluding hydrogens is 540 g/mol. The highest BCUT2D eigenvalue weighted by Gasteiger charge is 2.54. The van der Waals surface area contributed by atoms with E-state index in [1.54, 1.807) is 18.2 Å². The van der Waals surface area contributed by atoms with Crippen molar-refractivity contribution in [1.29, 1.82) is 0 Å². The first-order valence-electron chi connectivity index (χ1n) is 12.7. The van der Waals surface area contributed by atoms with Gasteiger partial charge in [0.1, 0.15) is 6.10 Å². The average molecular weight is 567 g/mol. The Hall–Kier alpha value is -4.11. The summed E-state index contributed by atoms with van der Waals surface area (Å²) in [6.45, 7) is 2.06. The van der Waals surface area contributed by atoms with E-state index in [0.717, 1.165) is 5.56 Å². The number of carbonyl (C=O) groups is 2. The maximum Gasteiger partial charge on any atom is 0.338 e. The number of cyclic esters (lactones) is 1. The van der Waals surface area contributed by atoms with E-state index in [-0.39, 0.29) is 24.2 Å². The summed E-state index contributed by atoms with van der Waals surface area (Å²) in [6, 6.07) is 12.5. The number of fused-ring (bicyclic) bond motifs is 3. The van der Waals surface area contributed by atoms with Crippen LogP contribution in [0.5, 0.6) is 28.7 Å². The number of hydrogen-bond donors (Lipinski definition) is 0. The average Bonchev–Trinajstić information content (AvgIpc) is 3.58. The number of benzene rings is 3. The van der Waals surface area contributed by atoms with Gasteiger partial charge in [-0.3, -0.25) is 4.79 Å². The second-order valence-electron chi connectivity index (χ2n) is 9.87. The highest BCUT2D eigenvalue weighted by atomic mass is 35.5. The Morgan fingerprint density at radius 2 is 1.55 bits per heavy atom. The summed E-state index contributed by atoms with van der Waals surface area (Å²) in [5.74, 6) is -0.701. The van der Waals surface area contributed by atoms with Crippen molar-refractivity contribution in [3.8, 4) is 28.7 Å². The van der Waals surface area contributed by atoms with Crippen molar-refractivity contribution < 1.29 is 42.7 Å². The molecule has 0 unspecified atom stereocenters. The predicted octanol–water partition coefficient (Wildman–Crippen LogP) is 5.24. The van der Waals surface area contributed by atoms with E-state index in [1.807, 2.05) is 31.2 Å². The van der Waals surface area contributed by atoms with Gasteiger partial charge in [0.2, 0.25) is 12.5 Å². The number of methoxy groups -OCH3 is 3. The quantitative estimate of drug-likeness (QED) is 0.371. The van der Waals surface area contributed by atoms with Crippen molar-refractivity contribution in [2.45, 2.75) is 18.9 Å². The fourth-order valence-corrected chi connectivity index (χ4v) is 6.21. The van der Waals surface area contributed by atoms with Gasteiger partial charge < -0.3 is 33.2 Å². The van der Waals surface area contributed by atoms with E-state index in [9.17, 15) is 9.59 Å². The largest absolute Gasteiger partial charge is 0.493 e. The molecule has 0 spiro atoms. The molecule has 0 bridgehead atoms. The molecule has 0 amide bonds. The molecule has 1 fully saturated rings. The highest BCUT2D eigenvalue weighted by molar-refractivity contribution is 6.33. The lowest BCUT2D eigenvalue weighted by Crippen LogP contribution is -2.36. The smallest absolute Gasteiger partial charge is 0.338 e. The zero-order chi connectivity index (χ0) is 28.1. The minimum Gasteiger partial charge on any atom is -0.493 e. The number of aryl methyl sites for hydroxylation is 1. The van der Waals surface area contributed by atoms with Crippen LogP contribution in [0, 0.1) is 18.8 Å². The van der Waals surface area contributed by atoms with E-state index >= 15 is 0 Å². The van der Waals surface area contributed by atoms with Crippen LogP contribution < -0.4 is 23.7 Å². The molecule has 4 atom stereocenters. The minimum absolute atomic E-state index is 0.0521. The summed E-state index contributed by atoms with van der Waals surface area (Å²) in [6.07, 6.45) is -0.785. The van der Waals surface area contributed by atoms with Crippen LogP contribution in [0.2, 0.25) is 5.02 Å². The molecule has 6 rings (SSSR count). The second-order valence-corrected chi connectivity index (χ2v) is 10.3. The van der Waals surface area contributed by atoms with Crippen molar-refractivity contribution >= 4 is 23.5 Å². The highest BCUT2D eigenvalue weighted by Crippen LogP contribution is 2.58. The Morgan fingerprint density at radius 1 is 0.875 bits per heavy atom. The summed E-state index contributed by atoms with van der Waals surface area (Å²) in [7, 11) is 4.48. The number of halogens is 1. The number of hydrogen-bond acceptors (Lipinski definition) is 9. The third-order valence-electron chi connectivity index (χ3n) is 7.77. The summed E-state index contributed by atoms with van der Waals surface area (Å²) >= 11 is 6.94. The van der Waals surface area contributed by atoms with Gasteiger partial charge in [-0.15, -0.1) is 0 Å². The third kappa shape index (κ3) is 4.07. The molecule has 0 N–H and O–H groups in total. The maximum absolute atomic E-state index is 13.4. The molecule has 3 aliphatic rings. The van der Waals surface area contributed by atoms with Crippen LogP contribution in [0.1, 0.15) is 44.6 Å². The van der Waals surface area contributed by atoms with Gasteiger partial charge >= 0.3 is 11.9 Å². The van der Waals surface area contributed by atoms with Gasteiger partial charge in [-0.25, -0.2) is 4.79 Å². The first-order chi connectivity index (χ1) is 19.4. The Bertz CT molecular complexity index is 1500. The van der Waals surface area contributed by atoms with E-state index in [4.69, 9.17) is 44.8 Å². The van der Waals surface area contributed by atoms with Crippen LogP contribution in [0.15, 0.2) is 42.5 Å². The minimum atomic E-state index is -0.785. The Morgan fingerprint density at radius 3 is 2.20 bits per heavy atom. The molecule has 10 heteroatoms. The number of esters is 2. The molecule has 208 valence electrons. The molecule has 1 saturated heterocycles. The molecule has 1 aliphatic carbocycles. The molecular formula is C30H27ClO9. The number of rotatable bonds is 6. The number of ether oxygens (including phenoxy) is 7. The normalized spacial score (nSPS) is 22.2. The van der Waals surface area contributed by atoms with E-state index in [2.05, 4.69) is 0 Å². The summed E-state index contributed by atoms with van der Waals surface area (Å²) < 4.78 is 39.8. The Kier molecular flexibility index (Phi) is 6.62. The van der Waals surface area contributed by atoms with Crippen molar-refractivity contribution in [3.05, 3.63) is 75.3 Å². The maximum atomic E-state index is 13.4. The van der Waals surface area contributed by atoms with Crippen LogP contribution >= 0.6 is 11.6 Å². The topological polar surface area (TPSA) is 98.8 Å². The van der Waals surface area contributed by atoms with E-state index < -0.39 is 35.8 Å². The van der Waals surface area contributed by atoms with E-state index in [0.29, 0.717) is 45.3 Å². The second kappa shape index (κ2) is 10.1. The van der Waals surface area contributed by atoms with Crippen molar-refractivity contribution in [3.63, 3.8) is 0 Å². The lowest BCUT2D eigenvalue weighted by Gasteiger charge is -2.39. The molecule has 2 heterocycles.